The van der Waals surface area contributed by atoms with Gasteiger partial charge in [-0.3, -0.25) is 9.69 Å². The molecule has 0 spiro atoms. The van der Waals surface area contributed by atoms with Crippen LogP contribution in [0.1, 0.15) is 20.8 Å². The number of hydrogen-bond donors (Lipinski definition) is 2. The first-order valence-electron chi connectivity index (χ1n) is 8.33. The maximum Gasteiger partial charge on any atom is 0.243 e. The highest BCUT2D eigenvalue weighted by atomic mass is 16.5. The van der Waals surface area contributed by atoms with Crippen LogP contribution in [0.3, 0.4) is 0 Å². The average Bonchev–Trinajstić information content (AvgIpc) is 2.85. The van der Waals surface area contributed by atoms with Crippen molar-refractivity contribution in [2.75, 3.05) is 54.0 Å². The third-order valence-electron chi connectivity index (χ3n) is 4.16. The molecule has 1 aliphatic heterocycles. The number of likely N-dealkylation sites (N-methyl/N-ethyl adjacent to an activating group) is 1. The summed E-state index contributed by atoms with van der Waals surface area (Å²) < 4.78 is 5.07. The zero-order valence-corrected chi connectivity index (χ0v) is 15.4. The number of nitrogens with one attached hydrogen (secondary N) is 2. The lowest BCUT2D eigenvalue weighted by molar-refractivity contribution is -0.127. The number of hydrogen-bond acceptors (Lipinski definition) is 4. The Morgan fingerprint density at radius 1 is 1.39 bits per heavy atom. The van der Waals surface area contributed by atoms with E-state index < -0.39 is 0 Å². The van der Waals surface area contributed by atoms with Crippen molar-refractivity contribution in [3.8, 4) is 0 Å². The normalized spacial score (nSPS) is 22.5. The van der Waals surface area contributed by atoms with Crippen LogP contribution in [0.4, 0.5) is 0 Å². The van der Waals surface area contributed by atoms with Crippen LogP contribution in [0.5, 0.6) is 0 Å². The standard InChI is InChI=1S/C16H33N5O2/c1-12(2)21-10-13(3)14(11-21)19-16(17-7-8-23-6)18-9-15(22)20(4)5/h12-14H,7-11H2,1-6H3,(H2,17,18,19). The molecule has 0 aliphatic carbocycles. The SMILES string of the molecule is COCCNC(=NCC(=O)N(C)C)NC1CN(C(C)C)CC1C. The van der Waals surface area contributed by atoms with Crippen molar-refractivity contribution in [2.45, 2.75) is 32.9 Å². The van der Waals surface area contributed by atoms with Crippen LogP contribution in [0, 0.1) is 5.92 Å². The van der Waals surface area contributed by atoms with E-state index in [1.807, 2.05) is 0 Å². The fourth-order valence-corrected chi connectivity index (χ4v) is 2.50. The fraction of sp³-hybridized carbons (Fsp3) is 0.875. The zero-order valence-electron chi connectivity index (χ0n) is 15.4. The minimum Gasteiger partial charge on any atom is -0.383 e. The highest BCUT2D eigenvalue weighted by Crippen LogP contribution is 2.18. The summed E-state index contributed by atoms with van der Waals surface area (Å²) in [4.78, 5) is 20.2. The monoisotopic (exact) mass is 327 g/mol. The predicted octanol–water partition coefficient (Wildman–Crippen LogP) is -0.0151. The summed E-state index contributed by atoms with van der Waals surface area (Å²) in [6.07, 6.45) is 0. The van der Waals surface area contributed by atoms with Gasteiger partial charge in [-0.2, -0.15) is 0 Å². The summed E-state index contributed by atoms with van der Waals surface area (Å²) in [7, 11) is 5.15. The number of methoxy groups -OCH3 is 1. The Labute approximate surface area is 140 Å². The van der Waals surface area contributed by atoms with E-state index in [4.69, 9.17) is 4.74 Å². The number of amides is 1. The van der Waals surface area contributed by atoms with Crippen LogP contribution < -0.4 is 10.6 Å². The lowest BCUT2D eigenvalue weighted by atomic mass is 10.1. The minimum atomic E-state index is -0.0129. The molecule has 0 saturated carbocycles. The molecule has 2 atom stereocenters. The van der Waals surface area contributed by atoms with Crippen molar-refractivity contribution < 1.29 is 9.53 Å². The minimum absolute atomic E-state index is 0.0129. The third-order valence-corrected chi connectivity index (χ3v) is 4.16. The topological polar surface area (TPSA) is 69.2 Å². The van der Waals surface area contributed by atoms with Gasteiger partial charge in [-0.05, 0) is 19.8 Å². The molecular weight excluding hydrogens is 294 g/mol. The van der Waals surface area contributed by atoms with Gasteiger partial charge < -0.3 is 20.3 Å². The molecule has 0 aromatic heterocycles. The van der Waals surface area contributed by atoms with Crippen LogP contribution >= 0.6 is 0 Å². The summed E-state index contributed by atoms with van der Waals surface area (Å²) in [5.41, 5.74) is 0. The smallest absolute Gasteiger partial charge is 0.243 e. The Morgan fingerprint density at radius 2 is 2.09 bits per heavy atom. The quantitative estimate of drug-likeness (QED) is 0.391. The summed E-state index contributed by atoms with van der Waals surface area (Å²) in [6, 6.07) is 0.877. The maximum absolute atomic E-state index is 11.8. The molecule has 0 aromatic rings. The molecule has 0 bridgehead atoms. The summed E-state index contributed by atoms with van der Waals surface area (Å²) in [5.74, 6) is 1.21. The van der Waals surface area contributed by atoms with Gasteiger partial charge in [-0.15, -0.1) is 0 Å². The number of carbonyl (C=O) groups is 1. The zero-order chi connectivity index (χ0) is 17.4. The maximum atomic E-state index is 11.8. The molecule has 2 N–H and O–H groups in total. The first-order valence-corrected chi connectivity index (χ1v) is 8.33. The van der Waals surface area contributed by atoms with Gasteiger partial charge in [0.1, 0.15) is 6.54 Å². The van der Waals surface area contributed by atoms with Crippen molar-refractivity contribution in [3.05, 3.63) is 0 Å². The van der Waals surface area contributed by atoms with Gasteiger partial charge >= 0.3 is 0 Å². The van der Waals surface area contributed by atoms with Crippen molar-refractivity contribution >= 4 is 11.9 Å². The largest absolute Gasteiger partial charge is 0.383 e. The van der Waals surface area contributed by atoms with Crippen LogP contribution in [0.2, 0.25) is 0 Å². The molecule has 2 unspecified atom stereocenters. The number of ether oxygens (including phenoxy) is 1. The van der Waals surface area contributed by atoms with Crippen molar-refractivity contribution in [2.24, 2.45) is 10.9 Å². The molecule has 1 heterocycles. The second-order valence-electron chi connectivity index (χ2n) is 6.65. The van der Waals surface area contributed by atoms with Gasteiger partial charge in [-0.25, -0.2) is 4.99 Å². The highest BCUT2D eigenvalue weighted by Gasteiger charge is 2.31. The Bertz CT molecular complexity index is 398. The summed E-state index contributed by atoms with van der Waals surface area (Å²) in [5, 5.41) is 6.71. The number of carbonyl (C=O) groups excluding carboxylic acids is 1. The molecular formula is C16H33N5O2. The summed E-state index contributed by atoms with van der Waals surface area (Å²) >= 11 is 0. The Morgan fingerprint density at radius 3 is 2.61 bits per heavy atom. The van der Waals surface area contributed by atoms with E-state index in [2.05, 4.69) is 41.3 Å². The third kappa shape index (κ3) is 6.74. The number of aliphatic imine (C=N–C) groups is 1. The molecule has 1 rings (SSSR count). The van der Waals surface area contributed by atoms with Gasteiger partial charge in [0, 0.05) is 52.9 Å². The van der Waals surface area contributed by atoms with Gasteiger partial charge in [0.15, 0.2) is 5.96 Å². The first-order chi connectivity index (χ1) is 10.8. The molecule has 1 fully saturated rings. The van der Waals surface area contributed by atoms with Gasteiger partial charge in [0.2, 0.25) is 5.91 Å². The van der Waals surface area contributed by atoms with Crippen LogP contribution in [0.25, 0.3) is 0 Å². The van der Waals surface area contributed by atoms with Crippen LogP contribution in [-0.2, 0) is 9.53 Å². The molecule has 23 heavy (non-hydrogen) atoms. The van der Waals surface area contributed by atoms with E-state index in [1.165, 1.54) is 0 Å². The Hall–Kier alpha value is -1.34. The summed E-state index contributed by atoms with van der Waals surface area (Å²) in [6.45, 7) is 10.2. The van der Waals surface area contributed by atoms with Crippen LogP contribution in [0.15, 0.2) is 4.99 Å². The fourth-order valence-electron chi connectivity index (χ4n) is 2.50. The molecule has 1 amide bonds. The van der Waals surface area contributed by atoms with Crippen molar-refractivity contribution in [1.29, 1.82) is 0 Å². The van der Waals surface area contributed by atoms with E-state index in [-0.39, 0.29) is 12.5 Å². The number of nitrogens with zero attached hydrogens (tertiary/aromatic N) is 3. The number of likely N-dealkylation sites (tertiary alicyclic amines) is 1. The lowest BCUT2D eigenvalue weighted by Gasteiger charge is -2.22. The van der Waals surface area contributed by atoms with E-state index in [0.29, 0.717) is 37.1 Å². The van der Waals surface area contributed by atoms with E-state index in [1.54, 1.807) is 26.1 Å². The van der Waals surface area contributed by atoms with E-state index >= 15 is 0 Å². The Kier molecular flexibility index (Phi) is 8.33. The van der Waals surface area contributed by atoms with Crippen molar-refractivity contribution in [1.82, 2.24) is 20.4 Å². The molecule has 0 radical (unpaired) electrons. The second kappa shape index (κ2) is 9.72. The van der Waals surface area contributed by atoms with Gasteiger partial charge in [-0.1, -0.05) is 6.92 Å². The molecule has 7 nitrogen and oxygen atoms in total. The van der Waals surface area contributed by atoms with Crippen molar-refractivity contribution in [3.63, 3.8) is 0 Å². The van der Waals surface area contributed by atoms with Gasteiger partial charge in [0.05, 0.1) is 6.61 Å². The first kappa shape index (κ1) is 19.7. The average molecular weight is 327 g/mol. The van der Waals surface area contributed by atoms with Crippen LogP contribution in [-0.4, -0.2) is 87.7 Å². The van der Waals surface area contributed by atoms with E-state index in [9.17, 15) is 4.79 Å². The lowest BCUT2D eigenvalue weighted by Crippen LogP contribution is -2.48. The second-order valence-corrected chi connectivity index (χ2v) is 6.65. The molecule has 134 valence electrons. The molecule has 1 aliphatic rings. The highest BCUT2D eigenvalue weighted by molar-refractivity contribution is 5.85. The molecule has 0 aromatic carbocycles. The van der Waals surface area contributed by atoms with Gasteiger partial charge in [0.25, 0.3) is 0 Å². The molecule has 1 saturated heterocycles. The number of rotatable bonds is 7. The number of guanidine groups is 1. The molecule has 7 heteroatoms. The predicted molar refractivity (Wildman–Crippen MR) is 93.7 cm³/mol. The van der Waals surface area contributed by atoms with E-state index in [0.717, 1.165) is 13.1 Å². The Balaban J connectivity index is 2.64.